The number of aromatic nitrogens is 1. The molecule has 0 unspecified atom stereocenters. The highest BCUT2D eigenvalue weighted by Gasteiger charge is 2.11. The highest BCUT2D eigenvalue weighted by molar-refractivity contribution is 7.22. The second-order valence-corrected chi connectivity index (χ2v) is 7.24. The van der Waals surface area contributed by atoms with E-state index in [9.17, 15) is 9.59 Å². The number of nitrogens with zero attached hydrogens (tertiary/aromatic N) is 1. The fourth-order valence-corrected chi connectivity index (χ4v) is 3.70. The number of carbonyl (C=O) groups is 2. The zero-order valence-electron chi connectivity index (χ0n) is 15.8. The molecular formula is C21H20N2O4S. The Labute approximate surface area is 166 Å². The van der Waals surface area contributed by atoms with E-state index in [4.69, 9.17) is 9.47 Å². The molecule has 1 N–H and O–H groups in total. The summed E-state index contributed by atoms with van der Waals surface area (Å²) in [6.45, 7) is 3.63. The summed E-state index contributed by atoms with van der Waals surface area (Å²) in [5, 5.41) is 3.16. The fourth-order valence-electron chi connectivity index (χ4n) is 2.64. The van der Waals surface area contributed by atoms with Gasteiger partial charge in [-0.3, -0.25) is 10.1 Å². The first kappa shape index (κ1) is 19.6. The lowest BCUT2D eigenvalue weighted by molar-refractivity contribution is -0.142. The number of benzene rings is 2. The van der Waals surface area contributed by atoms with Crippen LogP contribution < -0.4 is 10.1 Å². The van der Waals surface area contributed by atoms with Gasteiger partial charge < -0.3 is 9.47 Å². The predicted octanol–water partition coefficient (Wildman–Crippen LogP) is 4.12. The summed E-state index contributed by atoms with van der Waals surface area (Å²) in [7, 11) is 1.59. The monoisotopic (exact) mass is 396 g/mol. The highest BCUT2D eigenvalue weighted by Crippen LogP contribution is 2.29. The lowest BCUT2D eigenvalue weighted by Gasteiger charge is -2.02. The highest BCUT2D eigenvalue weighted by atomic mass is 32.1. The molecular weight excluding hydrogens is 376 g/mol. The third-order valence-corrected chi connectivity index (χ3v) is 4.87. The second-order valence-electron chi connectivity index (χ2n) is 6.21. The minimum Gasteiger partial charge on any atom is -0.497 e. The lowest BCUT2D eigenvalue weighted by atomic mass is 10.1. The van der Waals surface area contributed by atoms with Gasteiger partial charge in [0.2, 0.25) is 0 Å². The van der Waals surface area contributed by atoms with Crippen molar-refractivity contribution in [2.75, 3.05) is 19.0 Å². The van der Waals surface area contributed by atoms with Crippen molar-refractivity contribution in [2.45, 2.75) is 13.8 Å². The maximum atomic E-state index is 12.0. The number of anilines is 1. The lowest BCUT2D eigenvalue weighted by Crippen LogP contribution is -2.20. The van der Waals surface area contributed by atoms with Crippen molar-refractivity contribution < 1.29 is 19.1 Å². The van der Waals surface area contributed by atoms with Gasteiger partial charge >= 0.3 is 5.97 Å². The zero-order chi connectivity index (χ0) is 20.1. The number of fused-ring (bicyclic) bond motifs is 1. The van der Waals surface area contributed by atoms with Crippen LogP contribution in [0.2, 0.25) is 0 Å². The van der Waals surface area contributed by atoms with Crippen LogP contribution in [0.25, 0.3) is 16.3 Å². The largest absolute Gasteiger partial charge is 0.497 e. The Bertz CT molecular complexity index is 1040. The summed E-state index contributed by atoms with van der Waals surface area (Å²) in [6.07, 6.45) is 2.89. The maximum absolute atomic E-state index is 12.0. The number of amides is 1. The van der Waals surface area contributed by atoms with E-state index in [0.717, 1.165) is 32.7 Å². The molecule has 6 nitrogen and oxygen atoms in total. The number of esters is 1. The molecule has 3 rings (SSSR count). The normalized spacial score (nSPS) is 11.0. The van der Waals surface area contributed by atoms with Crippen LogP contribution in [0.1, 0.15) is 16.7 Å². The average molecular weight is 396 g/mol. The summed E-state index contributed by atoms with van der Waals surface area (Å²) in [5.74, 6) is -0.294. The first-order valence-corrected chi connectivity index (χ1v) is 9.43. The number of methoxy groups -OCH3 is 1. The Balaban J connectivity index is 1.52. The van der Waals surface area contributed by atoms with Crippen molar-refractivity contribution in [1.82, 2.24) is 4.98 Å². The number of nitrogens with one attached hydrogen (secondary N) is 1. The van der Waals surface area contributed by atoms with Gasteiger partial charge in [0.15, 0.2) is 11.7 Å². The van der Waals surface area contributed by atoms with Crippen molar-refractivity contribution in [1.29, 1.82) is 0 Å². The van der Waals surface area contributed by atoms with E-state index >= 15 is 0 Å². The molecule has 0 saturated heterocycles. The van der Waals surface area contributed by atoms with E-state index in [1.165, 1.54) is 17.4 Å². The van der Waals surface area contributed by atoms with Crippen molar-refractivity contribution in [2.24, 2.45) is 0 Å². The van der Waals surface area contributed by atoms with Crippen LogP contribution in [-0.2, 0) is 14.3 Å². The smallest absolute Gasteiger partial charge is 0.331 e. The minimum absolute atomic E-state index is 0.375. The zero-order valence-corrected chi connectivity index (χ0v) is 16.6. The fraction of sp³-hybridized carbons (Fsp3) is 0.190. The quantitative estimate of drug-likeness (QED) is 0.501. The number of thiazole rings is 1. The molecule has 0 aliphatic rings. The summed E-state index contributed by atoms with van der Waals surface area (Å²) < 4.78 is 11.1. The molecule has 1 amide bonds. The molecule has 0 bridgehead atoms. The molecule has 1 aromatic heterocycles. The first-order chi connectivity index (χ1) is 13.4. The Hall–Kier alpha value is -3.19. The van der Waals surface area contributed by atoms with Gasteiger partial charge in [-0.15, -0.1) is 0 Å². The minimum atomic E-state index is -0.596. The number of carbonyl (C=O) groups excluding carboxylic acids is 2. The molecule has 0 fully saturated rings. The Morgan fingerprint density at radius 3 is 2.64 bits per heavy atom. The van der Waals surface area contributed by atoms with E-state index in [-0.39, 0.29) is 6.61 Å². The third kappa shape index (κ3) is 4.95. The van der Waals surface area contributed by atoms with E-state index in [1.54, 1.807) is 25.3 Å². The van der Waals surface area contributed by atoms with Gasteiger partial charge in [0.25, 0.3) is 5.91 Å². The molecule has 144 valence electrons. The Kier molecular flexibility index (Phi) is 6.06. The average Bonchev–Trinajstić information content (AvgIpc) is 3.07. The molecule has 0 saturated carbocycles. The third-order valence-electron chi connectivity index (χ3n) is 3.95. The van der Waals surface area contributed by atoms with Crippen LogP contribution >= 0.6 is 11.3 Å². The molecule has 0 spiro atoms. The maximum Gasteiger partial charge on any atom is 0.331 e. The van der Waals surface area contributed by atoms with Crippen LogP contribution in [0, 0.1) is 13.8 Å². The molecule has 3 aromatic rings. The Morgan fingerprint density at radius 1 is 1.18 bits per heavy atom. The van der Waals surface area contributed by atoms with E-state index < -0.39 is 11.9 Å². The van der Waals surface area contributed by atoms with Crippen LogP contribution in [-0.4, -0.2) is 30.6 Å². The number of rotatable bonds is 6. The Morgan fingerprint density at radius 2 is 1.93 bits per heavy atom. The number of hydrogen-bond acceptors (Lipinski definition) is 6. The van der Waals surface area contributed by atoms with E-state index in [1.807, 2.05) is 38.1 Å². The number of hydrogen-bond donors (Lipinski definition) is 1. The van der Waals surface area contributed by atoms with Crippen molar-refractivity contribution in [3.63, 3.8) is 0 Å². The summed E-state index contributed by atoms with van der Waals surface area (Å²) in [5.41, 5.74) is 3.89. The molecule has 2 aromatic carbocycles. The second kappa shape index (κ2) is 8.67. The topological polar surface area (TPSA) is 77.5 Å². The molecule has 1 heterocycles. The SMILES string of the molecule is COc1ccc(/C=C/C(=O)OCC(=O)Nc2nc3c(C)cc(C)cc3s2)cc1. The molecule has 0 aliphatic carbocycles. The van der Waals surface area contributed by atoms with Gasteiger partial charge in [0.1, 0.15) is 5.75 Å². The first-order valence-electron chi connectivity index (χ1n) is 8.61. The van der Waals surface area contributed by atoms with Crippen molar-refractivity contribution >= 4 is 44.6 Å². The standard InChI is InChI=1S/C21H20N2O4S/c1-13-10-14(2)20-17(11-13)28-21(23-20)22-18(24)12-27-19(25)9-6-15-4-7-16(26-3)8-5-15/h4-11H,12H2,1-3H3,(H,22,23,24)/b9-6+. The molecule has 28 heavy (non-hydrogen) atoms. The van der Waals surface area contributed by atoms with Gasteiger partial charge in [-0.1, -0.05) is 29.5 Å². The van der Waals surface area contributed by atoms with Gasteiger partial charge in [-0.25, -0.2) is 9.78 Å². The number of aryl methyl sites for hydroxylation is 2. The van der Waals surface area contributed by atoms with Gasteiger partial charge in [0.05, 0.1) is 17.3 Å². The molecule has 0 atom stereocenters. The summed E-state index contributed by atoms with van der Waals surface area (Å²) in [6, 6.07) is 11.3. The van der Waals surface area contributed by atoms with Gasteiger partial charge in [0, 0.05) is 6.08 Å². The summed E-state index contributed by atoms with van der Waals surface area (Å²) >= 11 is 1.39. The van der Waals surface area contributed by atoms with Crippen LogP contribution in [0.15, 0.2) is 42.5 Å². The van der Waals surface area contributed by atoms with Gasteiger partial charge in [-0.2, -0.15) is 0 Å². The predicted molar refractivity (Wildman–Crippen MR) is 111 cm³/mol. The van der Waals surface area contributed by atoms with Crippen LogP contribution in [0.5, 0.6) is 5.75 Å². The van der Waals surface area contributed by atoms with Crippen molar-refractivity contribution in [3.8, 4) is 5.75 Å². The number of ether oxygens (including phenoxy) is 2. The molecule has 0 radical (unpaired) electrons. The van der Waals surface area contributed by atoms with Gasteiger partial charge in [-0.05, 0) is 54.8 Å². The van der Waals surface area contributed by atoms with Crippen molar-refractivity contribution in [3.05, 3.63) is 59.2 Å². The van der Waals surface area contributed by atoms with E-state index in [2.05, 4.69) is 10.3 Å². The van der Waals surface area contributed by atoms with Crippen LogP contribution in [0.4, 0.5) is 5.13 Å². The van der Waals surface area contributed by atoms with Crippen LogP contribution in [0.3, 0.4) is 0 Å². The molecule has 7 heteroatoms. The van der Waals surface area contributed by atoms with E-state index in [0.29, 0.717) is 5.13 Å². The molecule has 0 aliphatic heterocycles. The summed E-state index contributed by atoms with van der Waals surface area (Å²) in [4.78, 5) is 28.3.